The molecular formula is C22H21N3O4. The normalized spacial score (nSPS) is 14.7. The van der Waals surface area contributed by atoms with E-state index in [4.69, 9.17) is 4.74 Å². The molecule has 3 amide bonds. The van der Waals surface area contributed by atoms with Crippen LogP contribution in [0.15, 0.2) is 54.6 Å². The molecule has 1 fully saturated rings. The predicted molar refractivity (Wildman–Crippen MR) is 108 cm³/mol. The summed E-state index contributed by atoms with van der Waals surface area (Å²) in [7, 11) is 1.89. The van der Waals surface area contributed by atoms with Gasteiger partial charge >= 0.3 is 12.0 Å². The van der Waals surface area contributed by atoms with E-state index in [1.54, 1.807) is 0 Å². The van der Waals surface area contributed by atoms with Crippen LogP contribution in [0, 0.1) is 0 Å². The van der Waals surface area contributed by atoms with Gasteiger partial charge in [-0.1, -0.05) is 48.5 Å². The number of carbonyl (C=O) groups is 3. The minimum Gasteiger partial charge on any atom is -0.449 e. The minimum absolute atomic E-state index is 0.267. The number of esters is 1. The van der Waals surface area contributed by atoms with Crippen LogP contribution in [0.25, 0.3) is 22.2 Å². The molecule has 1 aromatic heterocycles. The lowest BCUT2D eigenvalue weighted by atomic mass is 10.1. The number of imide groups is 1. The summed E-state index contributed by atoms with van der Waals surface area (Å²) in [5, 5.41) is 3.32. The van der Waals surface area contributed by atoms with Crippen molar-refractivity contribution in [2.24, 2.45) is 7.05 Å². The third kappa shape index (κ3) is 3.24. The molecule has 1 atom stereocenters. The number of fused-ring (bicyclic) bond motifs is 1. The smallest absolute Gasteiger partial charge is 0.341 e. The Balaban J connectivity index is 1.72. The molecule has 4 rings (SSSR count). The Labute approximate surface area is 167 Å². The van der Waals surface area contributed by atoms with Crippen molar-refractivity contribution in [1.29, 1.82) is 0 Å². The summed E-state index contributed by atoms with van der Waals surface area (Å²) < 4.78 is 7.47. The van der Waals surface area contributed by atoms with Crippen LogP contribution in [0.1, 0.15) is 17.3 Å². The Morgan fingerprint density at radius 2 is 1.76 bits per heavy atom. The second-order valence-electron chi connectivity index (χ2n) is 6.94. The first kappa shape index (κ1) is 18.7. The Morgan fingerprint density at radius 3 is 2.45 bits per heavy atom. The highest BCUT2D eigenvalue weighted by molar-refractivity contribution is 6.11. The zero-order valence-electron chi connectivity index (χ0n) is 16.2. The number of rotatable bonds is 4. The number of carbonyl (C=O) groups excluding carboxylic acids is 3. The third-order valence-electron chi connectivity index (χ3n) is 5.11. The van der Waals surface area contributed by atoms with Crippen molar-refractivity contribution >= 4 is 28.8 Å². The molecule has 7 nitrogen and oxygen atoms in total. The number of aryl methyl sites for hydroxylation is 1. The third-order valence-corrected chi connectivity index (χ3v) is 5.11. The number of para-hydroxylation sites is 1. The van der Waals surface area contributed by atoms with Gasteiger partial charge in [0, 0.05) is 31.0 Å². The molecule has 1 saturated heterocycles. The number of benzene rings is 2. The molecule has 0 aliphatic carbocycles. The van der Waals surface area contributed by atoms with E-state index < -0.39 is 24.0 Å². The molecule has 2 heterocycles. The summed E-state index contributed by atoms with van der Waals surface area (Å²) in [6, 6.07) is 16.7. The number of hydrogen-bond donors (Lipinski definition) is 1. The molecule has 0 spiro atoms. The van der Waals surface area contributed by atoms with Crippen LogP contribution in [0.3, 0.4) is 0 Å². The highest BCUT2D eigenvalue weighted by atomic mass is 16.5. The lowest BCUT2D eigenvalue weighted by Gasteiger charge is -2.18. The van der Waals surface area contributed by atoms with Crippen molar-refractivity contribution in [3.63, 3.8) is 0 Å². The van der Waals surface area contributed by atoms with E-state index in [0.717, 1.165) is 27.1 Å². The SMILES string of the molecule is C[C@H](OC(=O)c1c(-c2ccccc2)n(C)c2ccccc12)C(=O)N1CCNC1=O. The molecule has 148 valence electrons. The molecule has 2 aromatic carbocycles. The first-order valence-corrected chi connectivity index (χ1v) is 9.42. The summed E-state index contributed by atoms with van der Waals surface area (Å²) >= 11 is 0. The van der Waals surface area contributed by atoms with E-state index in [0.29, 0.717) is 12.1 Å². The van der Waals surface area contributed by atoms with Gasteiger partial charge < -0.3 is 14.6 Å². The van der Waals surface area contributed by atoms with Gasteiger partial charge in [-0.2, -0.15) is 0 Å². The van der Waals surface area contributed by atoms with Gasteiger partial charge in [0.05, 0.1) is 11.3 Å². The van der Waals surface area contributed by atoms with Gasteiger partial charge in [0.15, 0.2) is 6.10 Å². The highest BCUT2D eigenvalue weighted by Gasteiger charge is 2.33. The van der Waals surface area contributed by atoms with E-state index >= 15 is 0 Å². The number of urea groups is 1. The lowest BCUT2D eigenvalue weighted by Crippen LogP contribution is -2.41. The second kappa shape index (κ2) is 7.43. The topological polar surface area (TPSA) is 80.6 Å². The van der Waals surface area contributed by atoms with E-state index in [2.05, 4.69) is 5.32 Å². The average Bonchev–Trinajstić information content (AvgIpc) is 3.29. The fourth-order valence-corrected chi connectivity index (χ4v) is 3.71. The maximum Gasteiger partial charge on any atom is 0.341 e. The largest absolute Gasteiger partial charge is 0.449 e. The van der Waals surface area contributed by atoms with Gasteiger partial charge in [-0.15, -0.1) is 0 Å². The Hall–Kier alpha value is -3.61. The standard InChI is InChI=1S/C22H21N3O4/c1-14(20(26)25-13-12-23-22(25)28)29-21(27)18-16-10-6-7-11-17(16)24(2)19(18)15-8-4-3-5-9-15/h3-11,14H,12-13H2,1-2H3,(H,23,28)/t14-/m0/s1. The Kier molecular flexibility index (Phi) is 4.80. The van der Waals surface area contributed by atoms with Crippen LogP contribution in [-0.2, 0) is 16.6 Å². The lowest BCUT2D eigenvalue weighted by molar-refractivity contribution is -0.136. The number of hydrogen-bond acceptors (Lipinski definition) is 4. The molecule has 0 unspecified atom stereocenters. The molecule has 1 aliphatic heterocycles. The van der Waals surface area contributed by atoms with Crippen molar-refractivity contribution < 1.29 is 19.1 Å². The molecule has 7 heteroatoms. The average molecular weight is 391 g/mol. The zero-order valence-corrected chi connectivity index (χ0v) is 16.2. The maximum absolute atomic E-state index is 13.2. The van der Waals surface area contributed by atoms with Crippen molar-refractivity contribution in [3.05, 3.63) is 60.2 Å². The van der Waals surface area contributed by atoms with Gasteiger partial charge in [-0.05, 0) is 18.6 Å². The van der Waals surface area contributed by atoms with Crippen molar-refractivity contribution in [2.75, 3.05) is 13.1 Å². The molecule has 3 aromatic rings. The molecule has 0 bridgehead atoms. The fourth-order valence-electron chi connectivity index (χ4n) is 3.71. The van der Waals surface area contributed by atoms with E-state index in [1.807, 2.05) is 66.2 Å². The first-order chi connectivity index (χ1) is 14.0. The number of ether oxygens (including phenoxy) is 1. The number of aromatic nitrogens is 1. The summed E-state index contributed by atoms with van der Waals surface area (Å²) in [4.78, 5) is 38.5. The van der Waals surface area contributed by atoms with Gasteiger partial charge in [0.25, 0.3) is 5.91 Å². The van der Waals surface area contributed by atoms with Crippen molar-refractivity contribution in [3.8, 4) is 11.3 Å². The number of amides is 3. The van der Waals surface area contributed by atoms with Gasteiger partial charge in [-0.3, -0.25) is 9.69 Å². The number of nitrogens with one attached hydrogen (secondary N) is 1. The van der Waals surface area contributed by atoms with Crippen molar-refractivity contribution in [2.45, 2.75) is 13.0 Å². The molecule has 1 N–H and O–H groups in total. The molecule has 29 heavy (non-hydrogen) atoms. The molecule has 1 aliphatic rings. The van der Waals surface area contributed by atoms with Gasteiger partial charge in [0.2, 0.25) is 0 Å². The predicted octanol–water partition coefficient (Wildman–Crippen LogP) is 2.94. The van der Waals surface area contributed by atoms with E-state index in [-0.39, 0.29) is 6.54 Å². The molecule has 0 saturated carbocycles. The summed E-state index contributed by atoms with van der Waals surface area (Å²) in [6.45, 7) is 2.15. The van der Waals surface area contributed by atoms with Crippen LogP contribution in [0.5, 0.6) is 0 Å². The summed E-state index contributed by atoms with van der Waals surface area (Å²) in [6.07, 6.45) is -1.08. The van der Waals surface area contributed by atoms with Crippen LogP contribution < -0.4 is 5.32 Å². The van der Waals surface area contributed by atoms with Crippen LogP contribution in [0.4, 0.5) is 4.79 Å². The van der Waals surface area contributed by atoms with Crippen LogP contribution in [-0.4, -0.2) is 46.6 Å². The second-order valence-corrected chi connectivity index (χ2v) is 6.94. The first-order valence-electron chi connectivity index (χ1n) is 9.42. The van der Waals surface area contributed by atoms with Gasteiger partial charge in [0.1, 0.15) is 0 Å². The highest BCUT2D eigenvalue weighted by Crippen LogP contribution is 2.33. The Bertz CT molecular complexity index is 1100. The Morgan fingerprint density at radius 1 is 1.07 bits per heavy atom. The van der Waals surface area contributed by atoms with E-state index in [9.17, 15) is 14.4 Å². The monoisotopic (exact) mass is 391 g/mol. The van der Waals surface area contributed by atoms with Gasteiger partial charge in [-0.25, -0.2) is 9.59 Å². The summed E-state index contributed by atoms with van der Waals surface area (Å²) in [5.41, 5.74) is 2.88. The minimum atomic E-state index is -1.08. The van der Waals surface area contributed by atoms with Crippen LogP contribution in [0.2, 0.25) is 0 Å². The fraction of sp³-hybridized carbons (Fsp3) is 0.227. The quantitative estimate of drug-likeness (QED) is 0.694. The molecular weight excluding hydrogens is 370 g/mol. The molecule has 0 radical (unpaired) electrons. The zero-order chi connectivity index (χ0) is 20.5. The van der Waals surface area contributed by atoms with E-state index in [1.165, 1.54) is 6.92 Å². The van der Waals surface area contributed by atoms with Crippen LogP contribution >= 0.6 is 0 Å². The van der Waals surface area contributed by atoms with Crippen molar-refractivity contribution in [1.82, 2.24) is 14.8 Å². The maximum atomic E-state index is 13.2. The summed E-state index contributed by atoms with van der Waals surface area (Å²) in [5.74, 6) is -1.13. The number of nitrogens with zero attached hydrogens (tertiary/aromatic N) is 2.